The summed E-state index contributed by atoms with van der Waals surface area (Å²) in [5, 5.41) is 6.91. The van der Waals surface area contributed by atoms with Crippen LogP contribution in [0.1, 0.15) is 34.9 Å². The summed E-state index contributed by atoms with van der Waals surface area (Å²) in [5.74, 6) is 0. The van der Waals surface area contributed by atoms with Crippen molar-refractivity contribution in [3.63, 3.8) is 0 Å². The number of rotatable bonds is 2. The molecule has 20 heavy (non-hydrogen) atoms. The number of thiophene rings is 1. The van der Waals surface area contributed by atoms with Crippen molar-refractivity contribution >= 4 is 38.0 Å². The molecule has 3 aromatic rings. The first-order valence-corrected chi connectivity index (χ1v) is 8.69. The average Bonchev–Trinajstić information content (AvgIpc) is 3.04. The van der Waals surface area contributed by atoms with Crippen LogP contribution >= 0.6 is 22.7 Å². The van der Waals surface area contributed by atoms with Crippen LogP contribution in [0.15, 0.2) is 29.6 Å². The molecule has 102 valence electrons. The molecular weight excluding hydrogens is 284 g/mol. The minimum absolute atomic E-state index is 0.437. The Kier molecular flexibility index (Phi) is 3.00. The number of thiazole rings is 1. The molecule has 2 heterocycles. The number of anilines is 1. The maximum atomic E-state index is 4.72. The van der Waals surface area contributed by atoms with Gasteiger partial charge in [-0.1, -0.05) is 17.4 Å². The van der Waals surface area contributed by atoms with Crippen molar-refractivity contribution in [1.82, 2.24) is 4.98 Å². The van der Waals surface area contributed by atoms with Gasteiger partial charge in [-0.15, -0.1) is 11.3 Å². The number of aromatic nitrogens is 1. The van der Waals surface area contributed by atoms with Gasteiger partial charge in [-0.3, -0.25) is 0 Å². The Morgan fingerprint density at radius 2 is 2.25 bits per heavy atom. The third-order valence-corrected chi connectivity index (χ3v) is 5.84. The van der Waals surface area contributed by atoms with Gasteiger partial charge in [0.05, 0.1) is 16.3 Å². The summed E-state index contributed by atoms with van der Waals surface area (Å²) in [5.41, 5.74) is 3.88. The van der Waals surface area contributed by atoms with Gasteiger partial charge in [0, 0.05) is 4.88 Å². The SMILES string of the molecule is Cc1ccc2nc(NC3CCCc4sccc43)sc2c1. The minimum Gasteiger partial charge on any atom is -0.355 e. The summed E-state index contributed by atoms with van der Waals surface area (Å²) in [4.78, 5) is 6.26. The summed E-state index contributed by atoms with van der Waals surface area (Å²) in [7, 11) is 0. The number of fused-ring (bicyclic) bond motifs is 2. The van der Waals surface area contributed by atoms with Gasteiger partial charge in [-0.2, -0.15) is 0 Å². The summed E-state index contributed by atoms with van der Waals surface area (Å²) < 4.78 is 1.27. The predicted molar refractivity (Wildman–Crippen MR) is 88.0 cm³/mol. The van der Waals surface area contributed by atoms with Crippen molar-refractivity contribution in [2.75, 3.05) is 5.32 Å². The zero-order chi connectivity index (χ0) is 13.5. The van der Waals surface area contributed by atoms with Crippen molar-refractivity contribution in [3.05, 3.63) is 45.6 Å². The number of aryl methyl sites for hydroxylation is 2. The van der Waals surface area contributed by atoms with Crippen molar-refractivity contribution in [3.8, 4) is 0 Å². The van der Waals surface area contributed by atoms with Crippen LogP contribution in [0, 0.1) is 6.92 Å². The van der Waals surface area contributed by atoms with E-state index in [1.807, 2.05) is 11.3 Å². The van der Waals surface area contributed by atoms with E-state index in [2.05, 4.69) is 41.9 Å². The Morgan fingerprint density at radius 3 is 3.20 bits per heavy atom. The first-order valence-electron chi connectivity index (χ1n) is 6.99. The molecule has 1 aliphatic carbocycles. The fraction of sp³-hybridized carbons (Fsp3) is 0.312. The lowest BCUT2D eigenvalue weighted by Crippen LogP contribution is -2.15. The van der Waals surface area contributed by atoms with Crippen LogP contribution in [0.25, 0.3) is 10.2 Å². The Balaban J connectivity index is 1.65. The van der Waals surface area contributed by atoms with Crippen molar-refractivity contribution in [1.29, 1.82) is 0 Å². The van der Waals surface area contributed by atoms with E-state index in [1.54, 1.807) is 16.2 Å². The van der Waals surface area contributed by atoms with E-state index in [0.29, 0.717) is 6.04 Å². The van der Waals surface area contributed by atoms with Gasteiger partial charge in [-0.05, 0) is 60.9 Å². The summed E-state index contributed by atoms with van der Waals surface area (Å²) in [6.07, 6.45) is 3.72. The lowest BCUT2D eigenvalue weighted by molar-refractivity contribution is 0.608. The van der Waals surface area contributed by atoms with E-state index in [-0.39, 0.29) is 0 Å². The first-order chi connectivity index (χ1) is 9.79. The molecule has 2 nitrogen and oxygen atoms in total. The molecular formula is C16H16N2S2. The second kappa shape index (κ2) is 4.86. The number of hydrogen-bond donors (Lipinski definition) is 1. The minimum atomic E-state index is 0.437. The van der Waals surface area contributed by atoms with Crippen LogP contribution < -0.4 is 5.32 Å². The maximum absolute atomic E-state index is 4.72. The molecule has 1 atom stereocenters. The third kappa shape index (κ3) is 2.13. The average molecular weight is 300 g/mol. The fourth-order valence-corrected chi connectivity index (χ4v) is 4.88. The van der Waals surface area contributed by atoms with Gasteiger partial charge in [0.2, 0.25) is 0 Å². The molecule has 4 rings (SSSR count). The predicted octanol–water partition coefficient (Wildman–Crippen LogP) is 5.16. The quantitative estimate of drug-likeness (QED) is 0.707. The highest BCUT2D eigenvalue weighted by Gasteiger charge is 2.21. The number of nitrogens with zero attached hydrogens (tertiary/aromatic N) is 1. The largest absolute Gasteiger partial charge is 0.355 e. The Bertz CT molecular complexity index is 757. The highest BCUT2D eigenvalue weighted by molar-refractivity contribution is 7.22. The molecule has 1 aromatic carbocycles. The van der Waals surface area contributed by atoms with Crippen LogP contribution in [0.2, 0.25) is 0 Å². The second-order valence-corrected chi connectivity index (χ2v) is 7.41. The lowest BCUT2D eigenvalue weighted by atomic mass is 9.94. The third-order valence-electron chi connectivity index (χ3n) is 3.89. The number of benzene rings is 1. The Morgan fingerprint density at radius 1 is 1.30 bits per heavy atom. The zero-order valence-corrected chi connectivity index (χ0v) is 13.0. The maximum Gasteiger partial charge on any atom is 0.184 e. The van der Waals surface area contributed by atoms with Gasteiger partial charge >= 0.3 is 0 Å². The van der Waals surface area contributed by atoms with Crippen LogP contribution in [-0.4, -0.2) is 4.98 Å². The molecule has 1 aliphatic rings. The lowest BCUT2D eigenvalue weighted by Gasteiger charge is -2.23. The molecule has 2 aromatic heterocycles. The van der Waals surface area contributed by atoms with E-state index in [0.717, 1.165) is 10.6 Å². The van der Waals surface area contributed by atoms with Gasteiger partial charge in [0.25, 0.3) is 0 Å². The summed E-state index contributed by atoms with van der Waals surface area (Å²) >= 11 is 3.65. The van der Waals surface area contributed by atoms with Gasteiger partial charge in [0.1, 0.15) is 0 Å². The topological polar surface area (TPSA) is 24.9 Å². The zero-order valence-electron chi connectivity index (χ0n) is 11.3. The van der Waals surface area contributed by atoms with Crippen LogP contribution in [-0.2, 0) is 6.42 Å². The smallest absolute Gasteiger partial charge is 0.184 e. The molecule has 4 heteroatoms. The standard InChI is InChI=1S/C16H16N2S2/c1-10-5-6-13-15(9-10)20-16(18-13)17-12-3-2-4-14-11(12)7-8-19-14/h5-9,12H,2-4H2,1H3,(H,17,18). The monoisotopic (exact) mass is 300 g/mol. The van der Waals surface area contributed by atoms with E-state index in [1.165, 1.54) is 35.1 Å². The van der Waals surface area contributed by atoms with Crippen LogP contribution in [0.3, 0.4) is 0 Å². The Hall–Kier alpha value is -1.39. The molecule has 0 fully saturated rings. The molecule has 0 radical (unpaired) electrons. The van der Waals surface area contributed by atoms with Gasteiger partial charge in [0.15, 0.2) is 5.13 Å². The molecule has 0 saturated heterocycles. The number of hydrogen-bond acceptors (Lipinski definition) is 4. The van der Waals surface area contributed by atoms with Gasteiger partial charge in [-0.25, -0.2) is 4.98 Å². The molecule has 1 unspecified atom stereocenters. The van der Waals surface area contributed by atoms with Crippen molar-refractivity contribution in [2.24, 2.45) is 0 Å². The van der Waals surface area contributed by atoms with E-state index in [4.69, 9.17) is 4.98 Å². The van der Waals surface area contributed by atoms with Crippen molar-refractivity contribution < 1.29 is 0 Å². The molecule has 0 saturated carbocycles. The summed E-state index contributed by atoms with van der Waals surface area (Å²) in [6, 6.07) is 9.17. The van der Waals surface area contributed by atoms with Crippen LogP contribution in [0.4, 0.5) is 5.13 Å². The normalized spacial score (nSPS) is 18.1. The molecule has 1 N–H and O–H groups in total. The second-order valence-electron chi connectivity index (χ2n) is 5.38. The first kappa shape index (κ1) is 12.4. The molecule has 0 aliphatic heterocycles. The molecule has 0 spiro atoms. The highest BCUT2D eigenvalue weighted by atomic mass is 32.1. The van der Waals surface area contributed by atoms with E-state index >= 15 is 0 Å². The Labute approximate surface area is 126 Å². The molecule has 0 bridgehead atoms. The molecule has 0 amide bonds. The van der Waals surface area contributed by atoms with E-state index in [9.17, 15) is 0 Å². The van der Waals surface area contributed by atoms with Gasteiger partial charge < -0.3 is 5.32 Å². The fourth-order valence-electron chi connectivity index (χ4n) is 2.88. The highest BCUT2D eigenvalue weighted by Crippen LogP contribution is 2.37. The number of nitrogens with one attached hydrogen (secondary N) is 1. The van der Waals surface area contributed by atoms with E-state index < -0.39 is 0 Å². The van der Waals surface area contributed by atoms with Crippen LogP contribution in [0.5, 0.6) is 0 Å². The summed E-state index contributed by atoms with van der Waals surface area (Å²) in [6.45, 7) is 2.13. The van der Waals surface area contributed by atoms with Crippen molar-refractivity contribution in [2.45, 2.75) is 32.2 Å².